The first kappa shape index (κ1) is 28.9. The van der Waals surface area contributed by atoms with E-state index in [1.807, 2.05) is 30.5 Å². The van der Waals surface area contributed by atoms with Crippen molar-refractivity contribution in [2.45, 2.75) is 0 Å². The van der Waals surface area contributed by atoms with Crippen LogP contribution in [0.1, 0.15) is 0 Å². The van der Waals surface area contributed by atoms with Gasteiger partial charge in [-0.05, 0) is 87.0 Å². The molecule has 48 heavy (non-hydrogen) atoms. The number of pyridine rings is 2. The highest BCUT2D eigenvalue weighted by Gasteiger charge is 2.13. The molecule has 0 amide bonds. The van der Waals surface area contributed by atoms with Gasteiger partial charge in [0.1, 0.15) is 0 Å². The van der Waals surface area contributed by atoms with E-state index in [1.54, 1.807) is 18.6 Å². The van der Waals surface area contributed by atoms with Crippen molar-refractivity contribution in [3.63, 3.8) is 0 Å². The van der Waals surface area contributed by atoms with E-state index in [-0.39, 0.29) is 0 Å². The van der Waals surface area contributed by atoms with Crippen LogP contribution in [-0.4, -0.2) is 19.9 Å². The fraction of sp³-hybridized carbons (Fsp3) is 0. The first-order valence-corrected chi connectivity index (χ1v) is 15.9. The lowest BCUT2D eigenvalue weighted by atomic mass is 9.91. The molecule has 3 heterocycles. The Morgan fingerprint density at radius 3 is 1.23 bits per heavy atom. The number of aromatic nitrogens is 4. The van der Waals surface area contributed by atoms with Crippen LogP contribution >= 0.6 is 0 Å². The topological polar surface area (TPSA) is 51.6 Å². The number of rotatable bonds is 7. The van der Waals surface area contributed by atoms with Gasteiger partial charge in [-0.25, -0.2) is 15.0 Å². The number of hydrogen-bond donors (Lipinski definition) is 0. The molecule has 0 bridgehead atoms. The molecular formula is C44H30N4. The van der Waals surface area contributed by atoms with Crippen molar-refractivity contribution in [2.75, 3.05) is 0 Å². The molecule has 8 rings (SSSR count). The predicted molar refractivity (Wildman–Crippen MR) is 196 cm³/mol. The van der Waals surface area contributed by atoms with Gasteiger partial charge in [0, 0.05) is 41.5 Å². The normalized spacial score (nSPS) is 10.9. The molecule has 0 N–H and O–H groups in total. The summed E-state index contributed by atoms with van der Waals surface area (Å²) in [6, 6.07) is 55.1. The third kappa shape index (κ3) is 6.15. The molecule has 0 aliphatic carbocycles. The van der Waals surface area contributed by atoms with Crippen molar-refractivity contribution in [1.82, 2.24) is 19.9 Å². The Labute approximate surface area is 280 Å². The quantitative estimate of drug-likeness (QED) is 0.179. The predicted octanol–water partition coefficient (Wildman–Crippen LogP) is 10.9. The molecule has 5 aromatic carbocycles. The Hall–Kier alpha value is -6.52. The minimum atomic E-state index is 0.714. The average molecular weight is 615 g/mol. The van der Waals surface area contributed by atoms with Crippen LogP contribution in [0.15, 0.2) is 183 Å². The highest BCUT2D eigenvalue weighted by molar-refractivity contribution is 5.85. The van der Waals surface area contributed by atoms with Crippen LogP contribution in [0.5, 0.6) is 0 Å². The van der Waals surface area contributed by atoms with Crippen molar-refractivity contribution in [1.29, 1.82) is 0 Å². The van der Waals surface area contributed by atoms with Gasteiger partial charge >= 0.3 is 0 Å². The van der Waals surface area contributed by atoms with Gasteiger partial charge in [-0.15, -0.1) is 0 Å². The van der Waals surface area contributed by atoms with Crippen LogP contribution in [0.25, 0.3) is 78.4 Å². The van der Waals surface area contributed by atoms with Crippen molar-refractivity contribution < 1.29 is 0 Å². The van der Waals surface area contributed by atoms with Gasteiger partial charge in [0.2, 0.25) is 0 Å². The number of hydrogen-bond acceptors (Lipinski definition) is 4. The average Bonchev–Trinajstić information content (AvgIpc) is 3.19. The molecule has 4 nitrogen and oxygen atoms in total. The van der Waals surface area contributed by atoms with E-state index in [4.69, 9.17) is 4.98 Å². The highest BCUT2D eigenvalue weighted by atomic mass is 14.8. The monoisotopic (exact) mass is 614 g/mol. The lowest BCUT2D eigenvalue weighted by Gasteiger charge is -2.14. The summed E-state index contributed by atoms with van der Waals surface area (Å²) in [6.07, 6.45) is 7.24. The molecule has 8 aromatic rings. The van der Waals surface area contributed by atoms with E-state index in [0.717, 1.165) is 72.6 Å². The van der Waals surface area contributed by atoms with E-state index >= 15 is 0 Å². The van der Waals surface area contributed by atoms with Gasteiger partial charge < -0.3 is 0 Å². The zero-order valence-electron chi connectivity index (χ0n) is 26.1. The Morgan fingerprint density at radius 2 is 0.729 bits per heavy atom. The molecule has 0 spiro atoms. The molecule has 0 saturated carbocycles. The van der Waals surface area contributed by atoms with Crippen LogP contribution in [0, 0.1) is 0 Å². The third-order valence-electron chi connectivity index (χ3n) is 8.49. The lowest BCUT2D eigenvalue weighted by molar-refractivity contribution is 1.18. The van der Waals surface area contributed by atoms with Gasteiger partial charge in [-0.1, -0.05) is 115 Å². The lowest BCUT2D eigenvalue weighted by Crippen LogP contribution is -1.92. The van der Waals surface area contributed by atoms with Crippen molar-refractivity contribution in [3.05, 3.63) is 183 Å². The van der Waals surface area contributed by atoms with Crippen molar-refractivity contribution in [3.8, 4) is 78.4 Å². The van der Waals surface area contributed by atoms with Gasteiger partial charge in [-0.2, -0.15) is 0 Å². The zero-order chi connectivity index (χ0) is 32.1. The minimum absolute atomic E-state index is 0.714. The molecule has 0 saturated heterocycles. The summed E-state index contributed by atoms with van der Waals surface area (Å²) < 4.78 is 0. The largest absolute Gasteiger partial charge is 0.264 e. The summed E-state index contributed by atoms with van der Waals surface area (Å²) in [5.41, 5.74) is 14.0. The van der Waals surface area contributed by atoms with Crippen LogP contribution in [0.3, 0.4) is 0 Å². The van der Waals surface area contributed by atoms with Crippen molar-refractivity contribution in [2.24, 2.45) is 0 Å². The summed E-state index contributed by atoms with van der Waals surface area (Å²) >= 11 is 0. The summed E-state index contributed by atoms with van der Waals surface area (Å²) in [5, 5.41) is 0. The molecule has 0 fully saturated rings. The number of benzene rings is 5. The fourth-order valence-corrected chi connectivity index (χ4v) is 5.99. The second-order valence-corrected chi connectivity index (χ2v) is 11.6. The molecular weight excluding hydrogens is 585 g/mol. The second kappa shape index (κ2) is 13.1. The molecule has 0 radical (unpaired) electrons. The van der Waals surface area contributed by atoms with Gasteiger partial charge in [0.25, 0.3) is 0 Å². The smallest absolute Gasteiger partial charge is 0.159 e. The van der Waals surface area contributed by atoms with Crippen molar-refractivity contribution >= 4 is 0 Å². The van der Waals surface area contributed by atoms with Gasteiger partial charge in [0.15, 0.2) is 5.82 Å². The van der Waals surface area contributed by atoms with E-state index in [0.29, 0.717) is 5.82 Å². The van der Waals surface area contributed by atoms with E-state index < -0.39 is 0 Å². The molecule has 3 aromatic heterocycles. The summed E-state index contributed by atoms with van der Waals surface area (Å²) in [4.78, 5) is 18.3. The van der Waals surface area contributed by atoms with E-state index in [2.05, 4.69) is 148 Å². The molecule has 0 aliphatic heterocycles. The minimum Gasteiger partial charge on any atom is -0.264 e. The molecule has 226 valence electrons. The Morgan fingerprint density at radius 1 is 0.292 bits per heavy atom. The first-order chi connectivity index (χ1) is 23.8. The Bertz CT molecular complexity index is 2130. The van der Waals surface area contributed by atoms with E-state index in [9.17, 15) is 0 Å². The van der Waals surface area contributed by atoms with E-state index in [1.165, 1.54) is 0 Å². The Kier molecular flexibility index (Phi) is 7.87. The van der Waals surface area contributed by atoms with Crippen LogP contribution in [0.4, 0.5) is 0 Å². The SMILES string of the molecule is c1ccc(-c2cc(-c3cc(-c4ccc(-c5cccnc5)cc4)cc(-c4ccc(-c5ncccn5)cc4)c3)cc(-c3ccccc3)n2)cc1. The van der Waals surface area contributed by atoms with Crippen LogP contribution in [0.2, 0.25) is 0 Å². The maximum absolute atomic E-state index is 5.12. The molecule has 0 atom stereocenters. The third-order valence-corrected chi connectivity index (χ3v) is 8.49. The maximum atomic E-state index is 5.12. The van der Waals surface area contributed by atoms with Crippen LogP contribution < -0.4 is 0 Å². The van der Waals surface area contributed by atoms with Gasteiger partial charge in [-0.3, -0.25) is 4.98 Å². The molecule has 0 unspecified atom stereocenters. The zero-order valence-corrected chi connectivity index (χ0v) is 26.1. The number of nitrogens with zero attached hydrogens (tertiary/aromatic N) is 4. The van der Waals surface area contributed by atoms with Gasteiger partial charge in [0.05, 0.1) is 11.4 Å². The second-order valence-electron chi connectivity index (χ2n) is 11.6. The maximum Gasteiger partial charge on any atom is 0.159 e. The summed E-state index contributed by atoms with van der Waals surface area (Å²) in [5.74, 6) is 0.714. The standard InChI is InChI=1S/C44H30N4/c1-3-9-34(10-4-1)42-28-41(29-43(48-42)35-11-5-2-6-12-35)40-26-38(32-16-14-31(15-17-32)37-13-7-22-45-30-37)25-39(27-40)33-18-20-36(21-19-33)44-46-23-8-24-47-44/h1-30H. The highest BCUT2D eigenvalue weighted by Crippen LogP contribution is 2.37. The summed E-state index contributed by atoms with van der Waals surface area (Å²) in [6.45, 7) is 0. The first-order valence-electron chi connectivity index (χ1n) is 15.9. The fourth-order valence-electron chi connectivity index (χ4n) is 5.99. The Balaban J connectivity index is 1.28. The van der Waals surface area contributed by atoms with Crippen LogP contribution in [-0.2, 0) is 0 Å². The summed E-state index contributed by atoms with van der Waals surface area (Å²) in [7, 11) is 0. The molecule has 0 aliphatic rings. The molecule has 4 heteroatoms.